The van der Waals surface area contributed by atoms with Gasteiger partial charge in [-0.15, -0.1) is 0 Å². The maximum absolute atomic E-state index is 13.7. The number of amides is 2. The van der Waals surface area contributed by atoms with Crippen LogP contribution in [0.1, 0.15) is 83.8 Å². The van der Waals surface area contributed by atoms with Crippen LogP contribution in [0, 0.1) is 18.8 Å². The number of aryl methyl sites for hydroxylation is 1. The number of alkyl halides is 4. The molecule has 3 aliphatic rings. The second-order valence-corrected chi connectivity index (χ2v) is 13.7. The number of aromatic nitrogens is 2. The maximum atomic E-state index is 13.7. The van der Waals surface area contributed by atoms with Gasteiger partial charge in [0.1, 0.15) is 11.4 Å². The zero-order valence-corrected chi connectivity index (χ0v) is 27.8. The normalized spacial score (nSPS) is 18.4. The van der Waals surface area contributed by atoms with Crippen LogP contribution in [0.15, 0.2) is 47.4 Å². The molecule has 2 N–H and O–H groups in total. The van der Waals surface area contributed by atoms with Crippen LogP contribution in [0.3, 0.4) is 0 Å². The lowest BCUT2D eigenvalue weighted by atomic mass is 9.74. The monoisotopic (exact) mass is 683 g/mol. The first-order valence-electron chi connectivity index (χ1n) is 16.8. The first-order valence-corrected chi connectivity index (χ1v) is 16.8. The number of likely N-dealkylation sites (tertiary alicyclic amines) is 1. The van der Waals surface area contributed by atoms with E-state index in [4.69, 9.17) is 4.74 Å². The Balaban J connectivity index is 1.29. The van der Waals surface area contributed by atoms with Crippen molar-refractivity contribution in [3.8, 4) is 17.0 Å². The SMILES string of the molecule is Cc1ccc(-c2cc(NC(=O)c3cc(CNC(C)[C@@H](C)C4CCC4)cn(C4CC4)c3=O)nc(OCC(F)F)c2)c(C(=O)N2CC(F)(F)C2)c1. The largest absolute Gasteiger partial charge is 0.472 e. The average molecular weight is 684 g/mol. The minimum absolute atomic E-state index is 0.00461. The Morgan fingerprint density at radius 2 is 1.78 bits per heavy atom. The molecule has 0 bridgehead atoms. The fourth-order valence-electron chi connectivity index (χ4n) is 6.43. The molecule has 49 heavy (non-hydrogen) atoms. The number of halogens is 4. The second kappa shape index (κ2) is 13.9. The molecule has 2 amide bonds. The summed E-state index contributed by atoms with van der Waals surface area (Å²) in [6, 6.07) is 9.43. The van der Waals surface area contributed by atoms with Gasteiger partial charge in [0.05, 0.1) is 13.1 Å². The van der Waals surface area contributed by atoms with E-state index in [1.54, 1.807) is 42.0 Å². The number of benzene rings is 1. The Morgan fingerprint density at radius 3 is 2.41 bits per heavy atom. The minimum Gasteiger partial charge on any atom is -0.472 e. The van der Waals surface area contributed by atoms with E-state index in [9.17, 15) is 31.9 Å². The molecule has 1 aliphatic heterocycles. The van der Waals surface area contributed by atoms with Crippen LogP contribution in [-0.4, -0.2) is 64.4 Å². The molecule has 3 heterocycles. The molecule has 2 saturated carbocycles. The lowest BCUT2D eigenvalue weighted by Crippen LogP contribution is -2.58. The highest BCUT2D eigenvalue weighted by molar-refractivity contribution is 6.05. The van der Waals surface area contributed by atoms with E-state index in [2.05, 4.69) is 29.5 Å². The van der Waals surface area contributed by atoms with E-state index in [1.165, 1.54) is 31.4 Å². The topological polar surface area (TPSA) is 106 Å². The number of carbonyl (C=O) groups excluding carboxylic acids is 2. The first kappa shape index (κ1) is 34.6. The number of anilines is 1. The van der Waals surface area contributed by atoms with Crippen molar-refractivity contribution in [1.82, 2.24) is 19.8 Å². The van der Waals surface area contributed by atoms with Gasteiger partial charge in [-0.1, -0.05) is 43.9 Å². The standard InChI is InChI=1S/C36H41F4N5O4/c1-20-7-10-27(28(11-20)34(47)44-18-36(39,40)19-44)25-13-31(42-32(14-25)49-17-30(37)38)43-33(46)29-12-23(16-45(35(29)48)26-8-9-26)15-41-22(3)21(2)24-5-4-6-24/h7,10-14,16,21-22,24,26,30,41H,4-6,8-9,15,17-19H2,1-3H3,(H,42,43,46)/t21-,22?/m1/s1. The predicted molar refractivity (Wildman–Crippen MR) is 176 cm³/mol. The van der Waals surface area contributed by atoms with E-state index in [0.717, 1.165) is 23.3 Å². The van der Waals surface area contributed by atoms with Crippen molar-refractivity contribution in [3.63, 3.8) is 0 Å². The molecular weight excluding hydrogens is 642 g/mol. The van der Waals surface area contributed by atoms with E-state index in [-0.39, 0.29) is 40.5 Å². The van der Waals surface area contributed by atoms with E-state index >= 15 is 0 Å². The van der Waals surface area contributed by atoms with E-state index in [0.29, 0.717) is 29.5 Å². The molecule has 1 aromatic carbocycles. The number of carbonyl (C=O) groups is 2. The summed E-state index contributed by atoms with van der Waals surface area (Å²) < 4.78 is 60.3. The van der Waals surface area contributed by atoms with Crippen LogP contribution in [0.2, 0.25) is 0 Å². The number of nitrogens with one attached hydrogen (secondary N) is 2. The van der Waals surface area contributed by atoms with Crippen molar-refractivity contribution in [1.29, 1.82) is 0 Å². The van der Waals surface area contributed by atoms with Gasteiger partial charge in [0.25, 0.3) is 29.7 Å². The fraction of sp³-hybridized carbons (Fsp3) is 0.500. The third kappa shape index (κ3) is 7.98. The van der Waals surface area contributed by atoms with Crippen molar-refractivity contribution in [2.45, 2.75) is 83.9 Å². The van der Waals surface area contributed by atoms with Gasteiger partial charge in [-0.25, -0.2) is 17.6 Å². The summed E-state index contributed by atoms with van der Waals surface area (Å²) in [5.41, 5.74) is 1.61. The first-order chi connectivity index (χ1) is 23.3. The summed E-state index contributed by atoms with van der Waals surface area (Å²) >= 11 is 0. The molecule has 3 aromatic rings. The molecule has 3 fully saturated rings. The van der Waals surface area contributed by atoms with Gasteiger partial charge >= 0.3 is 0 Å². The zero-order valence-electron chi connectivity index (χ0n) is 27.8. The third-order valence-corrected chi connectivity index (χ3v) is 9.84. The molecule has 9 nitrogen and oxygen atoms in total. The summed E-state index contributed by atoms with van der Waals surface area (Å²) in [5.74, 6) is -3.52. The molecule has 2 aromatic heterocycles. The van der Waals surface area contributed by atoms with E-state index < -0.39 is 49.4 Å². The summed E-state index contributed by atoms with van der Waals surface area (Å²) in [5, 5.41) is 6.19. The summed E-state index contributed by atoms with van der Waals surface area (Å²) in [6.07, 6.45) is 4.35. The van der Waals surface area contributed by atoms with Gasteiger partial charge < -0.3 is 24.8 Å². The highest BCUT2D eigenvalue weighted by Crippen LogP contribution is 2.36. The molecule has 0 radical (unpaired) electrons. The average Bonchev–Trinajstić information content (AvgIpc) is 3.86. The van der Waals surface area contributed by atoms with Gasteiger partial charge in [-0.3, -0.25) is 14.4 Å². The second-order valence-electron chi connectivity index (χ2n) is 13.7. The number of ether oxygens (including phenoxy) is 1. The number of rotatable bonds is 13. The number of hydrogen-bond donors (Lipinski definition) is 2. The van der Waals surface area contributed by atoms with Crippen molar-refractivity contribution >= 4 is 17.6 Å². The molecule has 13 heteroatoms. The van der Waals surface area contributed by atoms with Crippen molar-refractivity contribution in [3.05, 3.63) is 75.2 Å². The Hall–Kier alpha value is -4.26. The highest BCUT2D eigenvalue weighted by atomic mass is 19.3. The molecule has 2 aliphatic carbocycles. The lowest BCUT2D eigenvalue weighted by molar-refractivity contribution is -0.113. The van der Waals surface area contributed by atoms with Crippen molar-refractivity contribution in [2.75, 3.05) is 25.0 Å². The number of pyridine rings is 2. The van der Waals surface area contributed by atoms with Crippen LogP contribution in [0.5, 0.6) is 5.88 Å². The van der Waals surface area contributed by atoms with Crippen LogP contribution in [-0.2, 0) is 6.54 Å². The Bertz CT molecular complexity index is 1780. The smallest absolute Gasteiger partial charge is 0.282 e. The highest BCUT2D eigenvalue weighted by Gasteiger charge is 2.46. The van der Waals surface area contributed by atoms with Crippen molar-refractivity contribution in [2.24, 2.45) is 11.8 Å². The molecule has 1 saturated heterocycles. The number of nitrogens with zero attached hydrogens (tertiary/aromatic N) is 3. The van der Waals surface area contributed by atoms with Crippen LogP contribution < -0.4 is 20.9 Å². The van der Waals surface area contributed by atoms with Crippen LogP contribution >= 0.6 is 0 Å². The van der Waals surface area contributed by atoms with Gasteiger partial charge in [0.2, 0.25) is 5.88 Å². The molecule has 262 valence electrons. The molecule has 6 rings (SSSR count). The summed E-state index contributed by atoms with van der Waals surface area (Å²) in [6.45, 7) is 4.17. The van der Waals surface area contributed by atoms with Gasteiger partial charge in [0, 0.05) is 36.5 Å². The maximum Gasteiger partial charge on any atom is 0.282 e. The van der Waals surface area contributed by atoms with Crippen molar-refractivity contribution < 1.29 is 31.9 Å². The molecule has 0 spiro atoms. The van der Waals surface area contributed by atoms with Gasteiger partial charge in [-0.2, -0.15) is 4.98 Å². The number of hydrogen-bond acceptors (Lipinski definition) is 6. The van der Waals surface area contributed by atoms with Gasteiger partial charge in [-0.05, 0) is 73.4 Å². The molecular formula is C36H41F4N5O4. The fourth-order valence-corrected chi connectivity index (χ4v) is 6.43. The summed E-state index contributed by atoms with van der Waals surface area (Å²) in [7, 11) is 0. The Labute approximate surface area is 282 Å². The molecule has 1 unspecified atom stereocenters. The zero-order chi connectivity index (χ0) is 35.0. The Morgan fingerprint density at radius 1 is 1.04 bits per heavy atom. The third-order valence-electron chi connectivity index (χ3n) is 9.84. The van der Waals surface area contributed by atoms with Crippen LogP contribution in [0.25, 0.3) is 11.1 Å². The minimum atomic E-state index is -2.97. The lowest BCUT2D eigenvalue weighted by Gasteiger charge is -2.39. The molecule has 2 atom stereocenters. The quantitative estimate of drug-likeness (QED) is 0.201. The van der Waals surface area contributed by atoms with E-state index in [1.807, 2.05) is 0 Å². The summed E-state index contributed by atoms with van der Waals surface area (Å²) in [4.78, 5) is 45.7. The Kier molecular flexibility index (Phi) is 9.83. The van der Waals surface area contributed by atoms with Crippen LogP contribution in [0.4, 0.5) is 23.4 Å². The predicted octanol–water partition coefficient (Wildman–Crippen LogP) is 6.46. The van der Waals surface area contributed by atoms with Gasteiger partial charge in [0.15, 0.2) is 6.61 Å².